The maximum absolute atomic E-state index is 5.99. The van der Waals surface area contributed by atoms with Crippen molar-refractivity contribution in [1.82, 2.24) is 0 Å². The minimum atomic E-state index is 0.659. The standard InChI is InChI=1S/C20H25ClN2O3/c1-24-18-9-4-15(19(25-2)20(18)26-3)14-22-10-12-23(13-11-22)17-7-5-16(21)6-8-17/h4-9H,10-14H2,1-3H3/p+1. The summed E-state index contributed by atoms with van der Waals surface area (Å²) in [7, 11) is 4.95. The first-order chi connectivity index (χ1) is 12.7. The van der Waals surface area contributed by atoms with E-state index in [1.165, 1.54) is 10.6 Å². The van der Waals surface area contributed by atoms with Crippen LogP contribution in [0.5, 0.6) is 17.2 Å². The molecular formula is C20H26ClN2O3+. The highest BCUT2D eigenvalue weighted by molar-refractivity contribution is 6.30. The van der Waals surface area contributed by atoms with Gasteiger partial charge in [0, 0.05) is 10.7 Å². The molecule has 1 aliphatic heterocycles. The lowest BCUT2D eigenvalue weighted by molar-refractivity contribution is -0.914. The number of hydrogen-bond donors (Lipinski definition) is 1. The number of piperazine rings is 1. The molecule has 1 saturated heterocycles. The van der Waals surface area contributed by atoms with E-state index < -0.39 is 0 Å². The number of halogens is 1. The molecular weight excluding hydrogens is 352 g/mol. The van der Waals surface area contributed by atoms with Crippen LogP contribution in [-0.2, 0) is 6.54 Å². The van der Waals surface area contributed by atoms with Crippen molar-refractivity contribution in [3.05, 3.63) is 47.0 Å². The molecule has 1 aliphatic rings. The number of benzene rings is 2. The largest absolute Gasteiger partial charge is 0.493 e. The molecule has 0 amide bonds. The van der Waals surface area contributed by atoms with Crippen LogP contribution in [0.15, 0.2) is 36.4 Å². The van der Waals surface area contributed by atoms with Crippen molar-refractivity contribution < 1.29 is 19.1 Å². The van der Waals surface area contributed by atoms with E-state index in [2.05, 4.69) is 23.1 Å². The van der Waals surface area contributed by atoms with Crippen LogP contribution in [0.2, 0.25) is 5.02 Å². The molecule has 0 unspecified atom stereocenters. The van der Waals surface area contributed by atoms with E-state index in [1.54, 1.807) is 21.3 Å². The van der Waals surface area contributed by atoms with Crippen LogP contribution in [0.3, 0.4) is 0 Å². The molecule has 0 saturated carbocycles. The molecule has 2 aromatic rings. The molecule has 0 aliphatic carbocycles. The summed E-state index contributed by atoms with van der Waals surface area (Å²) >= 11 is 5.99. The first kappa shape index (κ1) is 18.7. The zero-order chi connectivity index (χ0) is 18.5. The lowest BCUT2D eigenvalue weighted by Gasteiger charge is -2.34. The molecule has 5 nitrogen and oxygen atoms in total. The summed E-state index contributed by atoms with van der Waals surface area (Å²) in [6.07, 6.45) is 0. The van der Waals surface area contributed by atoms with Gasteiger partial charge < -0.3 is 24.0 Å². The molecule has 6 heteroatoms. The summed E-state index contributed by atoms with van der Waals surface area (Å²) in [6.45, 7) is 5.08. The van der Waals surface area contributed by atoms with Crippen LogP contribution in [0.25, 0.3) is 0 Å². The molecule has 3 rings (SSSR count). The summed E-state index contributed by atoms with van der Waals surface area (Å²) in [6, 6.07) is 12.1. The predicted octanol–water partition coefficient (Wildman–Crippen LogP) is 2.27. The molecule has 0 spiro atoms. The minimum absolute atomic E-state index is 0.659. The van der Waals surface area contributed by atoms with E-state index in [1.807, 2.05) is 18.2 Å². The lowest BCUT2D eigenvalue weighted by Crippen LogP contribution is -3.13. The normalized spacial score (nSPS) is 15.0. The second kappa shape index (κ2) is 8.52. The molecule has 0 bridgehead atoms. The molecule has 140 valence electrons. The number of nitrogens with zero attached hydrogens (tertiary/aromatic N) is 1. The van der Waals surface area contributed by atoms with Crippen molar-refractivity contribution >= 4 is 17.3 Å². The Kier molecular flexibility index (Phi) is 6.12. The van der Waals surface area contributed by atoms with Crippen molar-refractivity contribution in [2.75, 3.05) is 52.4 Å². The topological polar surface area (TPSA) is 35.4 Å². The summed E-state index contributed by atoms with van der Waals surface area (Å²) < 4.78 is 16.5. The third kappa shape index (κ3) is 4.00. The van der Waals surface area contributed by atoms with Crippen molar-refractivity contribution in [2.24, 2.45) is 0 Å². The molecule has 1 N–H and O–H groups in total. The van der Waals surface area contributed by atoms with Gasteiger partial charge in [0.2, 0.25) is 5.75 Å². The van der Waals surface area contributed by atoms with E-state index in [4.69, 9.17) is 25.8 Å². The van der Waals surface area contributed by atoms with E-state index >= 15 is 0 Å². The zero-order valence-electron chi connectivity index (χ0n) is 15.5. The second-order valence-corrected chi connectivity index (χ2v) is 6.82. The smallest absolute Gasteiger partial charge is 0.203 e. The van der Waals surface area contributed by atoms with Gasteiger partial charge in [-0.15, -0.1) is 0 Å². The second-order valence-electron chi connectivity index (χ2n) is 6.38. The van der Waals surface area contributed by atoms with Gasteiger partial charge in [-0.2, -0.15) is 0 Å². The monoisotopic (exact) mass is 377 g/mol. The molecule has 1 fully saturated rings. The summed E-state index contributed by atoms with van der Waals surface area (Å²) in [5.41, 5.74) is 2.37. The number of rotatable bonds is 6. The molecule has 0 radical (unpaired) electrons. The first-order valence-corrected chi connectivity index (χ1v) is 9.16. The lowest BCUT2D eigenvalue weighted by atomic mass is 10.1. The average Bonchev–Trinajstić information content (AvgIpc) is 2.68. The van der Waals surface area contributed by atoms with Crippen molar-refractivity contribution in [3.63, 3.8) is 0 Å². The Morgan fingerprint density at radius 3 is 2.12 bits per heavy atom. The number of anilines is 1. The third-order valence-corrected chi connectivity index (χ3v) is 5.14. The highest BCUT2D eigenvalue weighted by atomic mass is 35.5. The Hall–Kier alpha value is -2.11. The van der Waals surface area contributed by atoms with Gasteiger partial charge in [0.05, 0.1) is 53.1 Å². The van der Waals surface area contributed by atoms with Crippen LogP contribution in [0.4, 0.5) is 5.69 Å². The number of quaternary nitrogens is 1. The highest BCUT2D eigenvalue weighted by Gasteiger charge is 2.23. The maximum Gasteiger partial charge on any atom is 0.203 e. The Bertz CT molecular complexity index is 729. The van der Waals surface area contributed by atoms with Gasteiger partial charge in [-0.05, 0) is 36.4 Å². The van der Waals surface area contributed by atoms with Crippen LogP contribution < -0.4 is 24.0 Å². The van der Waals surface area contributed by atoms with Crippen molar-refractivity contribution in [3.8, 4) is 17.2 Å². The fourth-order valence-electron chi connectivity index (χ4n) is 3.48. The van der Waals surface area contributed by atoms with E-state index in [-0.39, 0.29) is 0 Å². The average molecular weight is 378 g/mol. The molecule has 2 aromatic carbocycles. The Morgan fingerprint density at radius 1 is 0.885 bits per heavy atom. The minimum Gasteiger partial charge on any atom is -0.493 e. The van der Waals surface area contributed by atoms with Crippen molar-refractivity contribution in [1.29, 1.82) is 0 Å². The van der Waals surface area contributed by atoms with Gasteiger partial charge in [-0.25, -0.2) is 0 Å². The van der Waals surface area contributed by atoms with Gasteiger partial charge in [0.15, 0.2) is 11.5 Å². The van der Waals surface area contributed by atoms with Crippen LogP contribution in [0, 0.1) is 0 Å². The SMILES string of the molecule is COc1ccc(C[NH+]2CCN(c3ccc(Cl)cc3)CC2)c(OC)c1OC. The van der Waals surface area contributed by atoms with Crippen LogP contribution in [0.1, 0.15) is 5.56 Å². The Labute approximate surface area is 160 Å². The quantitative estimate of drug-likeness (QED) is 0.837. The van der Waals surface area contributed by atoms with Crippen LogP contribution in [-0.4, -0.2) is 47.5 Å². The van der Waals surface area contributed by atoms with Gasteiger partial charge >= 0.3 is 0 Å². The van der Waals surface area contributed by atoms with Crippen molar-refractivity contribution in [2.45, 2.75) is 6.54 Å². The first-order valence-electron chi connectivity index (χ1n) is 8.78. The highest BCUT2D eigenvalue weighted by Crippen LogP contribution is 2.39. The fraction of sp³-hybridized carbons (Fsp3) is 0.400. The van der Waals surface area contributed by atoms with Gasteiger partial charge in [-0.3, -0.25) is 0 Å². The number of ether oxygens (including phenoxy) is 3. The maximum atomic E-state index is 5.99. The number of methoxy groups -OCH3 is 3. The van der Waals surface area contributed by atoms with Gasteiger partial charge in [0.25, 0.3) is 0 Å². The number of hydrogen-bond acceptors (Lipinski definition) is 4. The summed E-state index contributed by atoms with van der Waals surface area (Å²) in [5, 5.41) is 0.776. The fourth-order valence-corrected chi connectivity index (χ4v) is 3.61. The van der Waals surface area contributed by atoms with E-state index in [9.17, 15) is 0 Å². The van der Waals surface area contributed by atoms with Gasteiger partial charge in [0.1, 0.15) is 6.54 Å². The zero-order valence-corrected chi connectivity index (χ0v) is 16.3. The summed E-state index contributed by atoms with van der Waals surface area (Å²) in [5.74, 6) is 2.11. The number of nitrogens with one attached hydrogen (secondary N) is 1. The predicted molar refractivity (Wildman–Crippen MR) is 104 cm³/mol. The van der Waals surface area contributed by atoms with Crippen LogP contribution >= 0.6 is 11.6 Å². The van der Waals surface area contributed by atoms with E-state index in [0.29, 0.717) is 11.5 Å². The molecule has 0 aromatic heterocycles. The molecule has 26 heavy (non-hydrogen) atoms. The van der Waals surface area contributed by atoms with Gasteiger partial charge in [-0.1, -0.05) is 11.6 Å². The van der Waals surface area contributed by atoms with E-state index in [0.717, 1.165) is 49.1 Å². The Balaban J connectivity index is 1.67. The third-order valence-electron chi connectivity index (χ3n) is 4.89. The summed E-state index contributed by atoms with van der Waals surface area (Å²) in [4.78, 5) is 3.94. The molecule has 0 atom stereocenters. The molecule has 1 heterocycles. The Morgan fingerprint density at radius 2 is 1.54 bits per heavy atom.